The molecule has 2 fully saturated rings. The molecule has 1 heterocycles. The monoisotopic (exact) mass is 216 g/mol. The quantitative estimate of drug-likeness (QED) is 0.607. The van der Waals surface area contributed by atoms with Gasteiger partial charge in [-0.3, -0.25) is 4.90 Å². The van der Waals surface area contributed by atoms with Gasteiger partial charge in [-0.2, -0.15) is 0 Å². The van der Waals surface area contributed by atoms with Crippen molar-refractivity contribution in [1.82, 2.24) is 4.90 Å². The minimum atomic E-state index is 0.240. The van der Waals surface area contributed by atoms with Gasteiger partial charge in [-0.25, -0.2) is 0 Å². The molecule has 0 atom stereocenters. The maximum Gasteiger partial charge on any atom is 0.0785 e. The molecule has 1 saturated heterocycles. The molecular weight excluding hydrogens is 200 g/mol. The van der Waals surface area contributed by atoms with Gasteiger partial charge in [0.25, 0.3) is 0 Å². The van der Waals surface area contributed by atoms with Crippen LogP contribution in [0.2, 0.25) is 0 Å². The highest BCUT2D eigenvalue weighted by atomic mass is 16.4. The first-order valence-electron chi connectivity index (χ1n) is 5.80. The molecule has 1 spiro atoms. The summed E-state index contributed by atoms with van der Waals surface area (Å²) in [5, 5.41) is 12.5. The van der Waals surface area contributed by atoms with E-state index in [2.05, 4.69) is 34.3 Å². The lowest BCUT2D eigenvalue weighted by Gasteiger charge is -2.14. The summed E-state index contributed by atoms with van der Waals surface area (Å²) in [6.45, 7) is 2.84. The van der Waals surface area contributed by atoms with Crippen LogP contribution in [0, 0.1) is 5.41 Å². The molecule has 84 valence electrons. The fourth-order valence-corrected chi connectivity index (χ4v) is 2.64. The molecule has 3 heteroatoms. The van der Waals surface area contributed by atoms with Crippen LogP contribution < -0.4 is 0 Å². The topological polar surface area (TPSA) is 35.8 Å². The lowest BCUT2D eigenvalue weighted by molar-refractivity contribution is 0.311. The van der Waals surface area contributed by atoms with Crippen LogP contribution in [0.5, 0.6) is 0 Å². The zero-order valence-electron chi connectivity index (χ0n) is 9.26. The van der Waals surface area contributed by atoms with Crippen LogP contribution in [0.3, 0.4) is 0 Å². The van der Waals surface area contributed by atoms with Crippen molar-refractivity contribution < 1.29 is 5.21 Å². The third-order valence-electron chi connectivity index (χ3n) is 3.74. The number of nitrogens with zero attached hydrogens (tertiary/aromatic N) is 2. The molecule has 1 aromatic carbocycles. The van der Waals surface area contributed by atoms with Gasteiger partial charge in [-0.15, -0.1) is 0 Å². The third-order valence-corrected chi connectivity index (χ3v) is 3.74. The van der Waals surface area contributed by atoms with E-state index >= 15 is 0 Å². The number of likely N-dealkylation sites (tertiary alicyclic amines) is 1. The van der Waals surface area contributed by atoms with E-state index in [1.165, 1.54) is 18.4 Å². The van der Waals surface area contributed by atoms with Crippen LogP contribution in [-0.4, -0.2) is 28.9 Å². The lowest BCUT2D eigenvalue weighted by Crippen LogP contribution is -2.20. The molecule has 3 nitrogen and oxygen atoms in total. The second kappa shape index (κ2) is 3.59. The van der Waals surface area contributed by atoms with Crippen molar-refractivity contribution in [1.29, 1.82) is 0 Å². The first kappa shape index (κ1) is 9.85. The van der Waals surface area contributed by atoms with Crippen LogP contribution in [-0.2, 0) is 6.54 Å². The van der Waals surface area contributed by atoms with E-state index in [0.717, 1.165) is 25.3 Å². The predicted octanol–water partition coefficient (Wildman–Crippen LogP) is 2.11. The largest absolute Gasteiger partial charge is 0.411 e. The summed E-state index contributed by atoms with van der Waals surface area (Å²) in [6.07, 6.45) is 2.38. The highest BCUT2D eigenvalue weighted by Gasteiger charge is 2.53. The van der Waals surface area contributed by atoms with Gasteiger partial charge >= 0.3 is 0 Å². The van der Waals surface area contributed by atoms with E-state index in [1.54, 1.807) is 0 Å². The standard InChI is InChI=1S/C13H16N2O/c16-14-12-9-15(10-13(12)6-7-13)8-11-4-2-1-3-5-11/h1-5,16H,6-10H2/b14-12-. The molecule has 2 aliphatic rings. The molecule has 16 heavy (non-hydrogen) atoms. The molecule has 1 aliphatic heterocycles. The summed E-state index contributed by atoms with van der Waals surface area (Å²) in [7, 11) is 0. The van der Waals surface area contributed by atoms with Gasteiger partial charge in [-0.1, -0.05) is 35.5 Å². The third kappa shape index (κ3) is 1.61. The molecule has 1 saturated carbocycles. The van der Waals surface area contributed by atoms with Gasteiger partial charge in [0.05, 0.1) is 5.71 Å². The normalized spacial score (nSPS) is 25.4. The summed E-state index contributed by atoms with van der Waals surface area (Å²) >= 11 is 0. The molecular formula is C13H16N2O. The molecule has 0 unspecified atom stereocenters. The van der Waals surface area contributed by atoms with E-state index in [-0.39, 0.29) is 5.41 Å². The predicted molar refractivity (Wildman–Crippen MR) is 62.6 cm³/mol. The fraction of sp³-hybridized carbons (Fsp3) is 0.462. The molecule has 0 bridgehead atoms. The Labute approximate surface area is 95.4 Å². The van der Waals surface area contributed by atoms with Gasteiger partial charge in [0.15, 0.2) is 0 Å². The first-order valence-corrected chi connectivity index (χ1v) is 5.80. The fourth-order valence-electron chi connectivity index (χ4n) is 2.64. The zero-order chi connectivity index (χ0) is 11.0. The Bertz CT molecular complexity index is 409. The molecule has 3 rings (SSSR count). The molecule has 1 aromatic rings. The minimum absolute atomic E-state index is 0.240. The van der Waals surface area contributed by atoms with E-state index in [0.29, 0.717) is 0 Å². The lowest BCUT2D eigenvalue weighted by atomic mass is 10.1. The number of hydrogen-bond donors (Lipinski definition) is 1. The summed E-state index contributed by atoms with van der Waals surface area (Å²) in [6, 6.07) is 10.5. The number of benzene rings is 1. The maximum atomic E-state index is 8.99. The van der Waals surface area contributed by atoms with E-state index < -0.39 is 0 Å². The van der Waals surface area contributed by atoms with Crippen LogP contribution in [0.25, 0.3) is 0 Å². The molecule has 0 amide bonds. The molecule has 0 aromatic heterocycles. The summed E-state index contributed by atoms with van der Waals surface area (Å²) in [4.78, 5) is 2.37. The number of oxime groups is 1. The average molecular weight is 216 g/mol. The van der Waals surface area contributed by atoms with Gasteiger partial charge < -0.3 is 5.21 Å². The smallest absolute Gasteiger partial charge is 0.0785 e. The van der Waals surface area contributed by atoms with Crippen molar-refractivity contribution >= 4 is 5.71 Å². The van der Waals surface area contributed by atoms with Gasteiger partial charge in [0.2, 0.25) is 0 Å². The van der Waals surface area contributed by atoms with Crippen molar-refractivity contribution in [2.24, 2.45) is 10.6 Å². The Kier molecular flexibility index (Phi) is 2.21. The average Bonchev–Trinajstić information content (AvgIpc) is 2.98. The number of hydrogen-bond acceptors (Lipinski definition) is 3. The Morgan fingerprint density at radius 2 is 2.00 bits per heavy atom. The Morgan fingerprint density at radius 1 is 1.25 bits per heavy atom. The highest BCUT2D eigenvalue weighted by molar-refractivity contribution is 5.95. The molecule has 1 aliphatic carbocycles. The van der Waals surface area contributed by atoms with Crippen molar-refractivity contribution in [3.63, 3.8) is 0 Å². The van der Waals surface area contributed by atoms with Crippen molar-refractivity contribution in [3.8, 4) is 0 Å². The Hall–Kier alpha value is -1.35. The molecule has 1 N–H and O–H groups in total. The molecule has 0 radical (unpaired) electrons. The SMILES string of the molecule is O/N=C1/CN(Cc2ccccc2)CC12CC2. The van der Waals surface area contributed by atoms with Gasteiger partial charge in [-0.05, 0) is 18.4 Å². The van der Waals surface area contributed by atoms with Crippen molar-refractivity contribution in [2.75, 3.05) is 13.1 Å². The van der Waals surface area contributed by atoms with E-state index in [9.17, 15) is 0 Å². The van der Waals surface area contributed by atoms with Crippen LogP contribution >= 0.6 is 0 Å². The highest BCUT2D eigenvalue weighted by Crippen LogP contribution is 2.51. The Balaban J connectivity index is 1.71. The van der Waals surface area contributed by atoms with Crippen molar-refractivity contribution in [3.05, 3.63) is 35.9 Å². The maximum absolute atomic E-state index is 8.99. The zero-order valence-corrected chi connectivity index (χ0v) is 9.26. The van der Waals surface area contributed by atoms with Gasteiger partial charge in [0.1, 0.15) is 0 Å². The van der Waals surface area contributed by atoms with Gasteiger partial charge in [0, 0.05) is 25.0 Å². The summed E-state index contributed by atoms with van der Waals surface area (Å²) in [5.41, 5.74) is 2.56. The first-order chi connectivity index (χ1) is 7.82. The van der Waals surface area contributed by atoms with E-state index in [4.69, 9.17) is 5.21 Å². The van der Waals surface area contributed by atoms with E-state index in [1.807, 2.05) is 6.07 Å². The second-order valence-corrected chi connectivity index (χ2v) is 4.96. The number of rotatable bonds is 2. The summed E-state index contributed by atoms with van der Waals surface area (Å²) < 4.78 is 0. The van der Waals surface area contributed by atoms with Crippen LogP contribution in [0.4, 0.5) is 0 Å². The van der Waals surface area contributed by atoms with Crippen molar-refractivity contribution in [2.45, 2.75) is 19.4 Å². The minimum Gasteiger partial charge on any atom is -0.411 e. The van der Waals surface area contributed by atoms with Crippen LogP contribution in [0.15, 0.2) is 35.5 Å². The summed E-state index contributed by atoms with van der Waals surface area (Å²) in [5.74, 6) is 0. The Morgan fingerprint density at radius 3 is 2.56 bits per heavy atom. The second-order valence-electron chi connectivity index (χ2n) is 4.96. The van der Waals surface area contributed by atoms with Crippen LogP contribution in [0.1, 0.15) is 18.4 Å².